The molecule has 2 atom stereocenters. The van der Waals surface area contributed by atoms with Gasteiger partial charge in [0, 0.05) is 0 Å². The highest BCUT2D eigenvalue weighted by atomic mass is 19.4. The number of hydrogen-bond donors (Lipinski definition) is 2. The van der Waals surface area contributed by atoms with Gasteiger partial charge in [0.15, 0.2) is 0 Å². The molecular formula is C15H21F3N2O. The molecule has 0 radical (unpaired) electrons. The first-order valence-electron chi connectivity index (χ1n) is 6.66. The zero-order valence-corrected chi connectivity index (χ0v) is 12.6. The van der Waals surface area contributed by atoms with Gasteiger partial charge in [-0.1, -0.05) is 32.9 Å². The van der Waals surface area contributed by atoms with Crippen LogP contribution in [0.3, 0.4) is 0 Å². The van der Waals surface area contributed by atoms with E-state index in [2.05, 4.69) is 5.32 Å². The summed E-state index contributed by atoms with van der Waals surface area (Å²) in [6.45, 7) is 7.25. The van der Waals surface area contributed by atoms with E-state index >= 15 is 0 Å². The minimum Gasteiger partial charge on any atom is -0.348 e. The van der Waals surface area contributed by atoms with Crippen molar-refractivity contribution in [1.82, 2.24) is 5.32 Å². The van der Waals surface area contributed by atoms with Crippen LogP contribution in [0.5, 0.6) is 0 Å². The third-order valence-electron chi connectivity index (χ3n) is 3.31. The lowest BCUT2D eigenvalue weighted by atomic mass is 9.86. The Morgan fingerprint density at radius 1 is 1.14 bits per heavy atom. The number of halogens is 3. The third kappa shape index (κ3) is 4.74. The van der Waals surface area contributed by atoms with Gasteiger partial charge in [-0.25, -0.2) is 0 Å². The van der Waals surface area contributed by atoms with Crippen LogP contribution in [0.4, 0.5) is 13.2 Å². The van der Waals surface area contributed by atoms with Gasteiger partial charge in [-0.3, -0.25) is 4.79 Å². The second kappa shape index (κ2) is 6.05. The number of nitrogens with one attached hydrogen (secondary N) is 1. The van der Waals surface area contributed by atoms with E-state index in [-0.39, 0.29) is 11.3 Å². The lowest BCUT2D eigenvalue weighted by Gasteiger charge is -2.27. The molecule has 1 aromatic rings. The van der Waals surface area contributed by atoms with Crippen molar-refractivity contribution in [3.8, 4) is 0 Å². The van der Waals surface area contributed by atoms with Crippen molar-refractivity contribution in [2.75, 3.05) is 0 Å². The van der Waals surface area contributed by atoms with Crippen LogP contribution in [0.15, 0.2) is 24.3 Å². The molecule has 0 aliphatic heterocycles. The molecule has 0 saturated carbocycles. The quantitative estimate of drug-likeness (QED) is 0.900. The fourth-order valence-corrected chi connectivity index (χ4v) is 1.74. The number of benzene rings is 1. The summed E-state index contributed by atoms with van der Waals surface area (Å²) in [5.74, 6) is -0.324. The van der Waals surface area contributed by atoms with Gasteiger partial charge in [0.1, 0.15) is 0 Å². The Hall–Kier alpha value is -1.56. The van der Waals surface area contributed by atoms with Crippen molar-refractivity contribution in [2.45, 2.75) is 46.0 Å². The van der Waals surface area contributed by atoms with E-state index in [0.717, 1.165) is 12.1 Å². The van der Waals surface area contributed by atoms with Crippen LogP contribution < -0.4 is 11.1 Å². The molecule has 0 aliphatic carbocycles. The molecule has 0 bridgehead atoms. The second-order valence-corrected chi connectivity index (χ2v) is 6.19. The molecule has 6 heteroatoms. The monoisotopic (exact) mass is 302 g/mol. The van der Waals surface area contributed by atoms with Crippen LogP contribution in [0.25, 0.3) is 0 Å². The van der Waals surface area contributed by atoms with Crippen molar-refractivity contribution < 1.29 is 18.0 Å². The van der Waals surface area contributed by atoms with E-state index in [9.17, 15) is 18.0 Å². The predicted molar refractivity (Wildman–Crippen MR) is 75.4 cm³/mol. The zero-order valence-electron chi connectivity index (χ0n) is 12.6. The average Bonchev–Trinajstić information content (AvgIpc) is 2.35. The van der Waals surface area contributed by atoms with Crippen molar-refractivity contribution in [1.29, 1.82) is 0 Å². The lowest BCUT2D eigenvalue weighted by molar-refractivity contribution is -0.137. The molecule has 1 rings (SSSR count). The van der Waals surface area contributed by atoms with Crippen LogP contribution in [0.1, 0.15) is 44.9 Å². The highest BCUT2D eigenvalue weighted by Crippen LogP contribution is 2.30. The maximum Gasteiger partial charge on any atom is 0.416 e. The third-order valence-corrected chi connectivity index (χ3v) is 3.31. The SMILES string of the molecule is CC(NC(=O)[C@H](N)C(C)(C)C)c1ccc(C(F)(F)F)cc1. The Kier molecular flexibility index (Phi) is 5.04. The first-order valence-corrected chi connectivity index (χ1v) is 6.66. The van der Waals surface area contributed by atoms with E-state index in [1.54, 1.807) is 6.92 Å². The second-order valence-electron chi connectivity index (χ2n) is 6.19. The molecule has 1 aromatic carbocycles. The summed E-state index contributed by atoms with van der Waals surface area (Å²) in [5, 5.41) is 2.72. The summed E-state index contributed by atoms with van der Waals surface area (Å²) in [6, 6.07) is 3.62. The molecule has 3 nitrogen and oxygen atoms in total. The minimum absolute atomic E-state index is 0.324. The summed E-state index contributed by atoms with van der Waals surface area (Å²) in [7, 11) is 0. The fraction of sp³-hybridized carbons (Fsp3) is 0.533. The largest absolute Gasteiger partial charge is 0.416 e. The van der Waals surface area contributed by atoms with E-state index in [1.165, 1.54) is 12.1 Å². The van der Waals surface area contributed by atoms with Crippen LogP contribution in [0, 0.1) is 5.41 Å². The molecule has 0 heterocycles. The number of hydrogen-bond acceptors (Lipinski definition) is 2. The van der Waals surface area contributed by atoms with Gasteiger partial charge in [0.05, 0.1) is 17.6 Å². The van der Waals surface area contributed by atoms with Crippen LogP contribution in [-0.4, -0.2) is 11.9 Å². The van der Waals surface area contributed by atoms with Crippen molar-refractivity contribution in [3.05, 3.63) is 35.4 Å². The summed E-state index contributed by atoms with van der Waals surface area (Å²) < 4.78 is 37.4. The van der Waals surface area contributed by atoms with Crippen LogP contribution in [-0.2, 0) is 11.0 Å². The molecule has 1 amide bonds. The smallest absolute Gasteiger partial charge is 0.348 e. The fourth-order valence-electron chi connectivity index (χ4n) is 1.74. The van der Waals surface area contributed by atoms with Gasteiger partial charge in [-0.2, -0.15) is 13.2 Å². The molecule has 21 heavy (non-hydrogen) atoms. The first kappa shape index (κ1) is 17.5. The summed E-state index contributed by atoms with van der Waals surface area (Å²) in [4.78, 5) is 12.0. The Bertz CT molecular complexity index is 489. The molecule has 0 spiro atoms. The Balaban J connectivity index is 2.77. The van der Waals surface area contributed by atoms with Gasteiger partial charge in [0.2, 0.25) is 5.91 Å². The van der Waals surface area contributed by atoms with Gasteiger partial charge in [-0.05, 0) is 30.0 Å². The first-order chi connectivity index (χ1) is 9.43. The molecule has 0 aromatic heterocycles. The Morgan fingerprint density at radius 2 is 1.62 bits per heavy atom. The van der Waals surface area contributed by atoms with E-state index in [0.29, 0.717) is 5.56 Å². The topological polar surface area (TPSA) is 55.1 Å². The Labute approximate surface area is 122 Å². The van der Waals surface area contributed by atoms with Gasteiger partial charge >= 0.3 is 6.18 Å². The van der Waals surface area contributed by atoms with Crippen molar-refractivity contribution in [2.24, 2.45) is 11.1 Å². The summed E-state index contributed by atoms with van der Waals surface area (Å²) >= 11 is 0. The molecular weight excluding hydrogens is 281 g/mol. The average molecular weight is 302 g/mol. The number of nitrogens with two attached hydrogens (primary N) is 1. The standard InChI is InChI=1S/C15H21F3N2O/c1-9(20-13(21)12(19)14(2,3)4)10-5-7-11(8-6-10)15(16,17)18/h5-9,12H,19H2,1-4H3,(H,20,21)/t9?,12-/m0/s1. The zero-order chi connectivity index (χ0) is 16.4. The normalized spacial score (nSPS) is 15.4. The maximum atomic E-state index is 12.5. The molecule has 0 fully saturated rings. The lowest BCUT2D eigenvalue weighted by Crippen LogP contribution is -2.49. The summed E-state index contributed by atoms with van der Waals surface area (Å²) in [6.07, 6.45) is -4.36. The number of rotatable bonds is 3. The van der Waals surface area contributed by atoms with E-state index in [1.807, 2.05) is 20.8 Å². The molecule has 0 aliphatic rings. The molecule has 3 N–H and O–H groups in total. The van der Waals surface area contributed by atoms with Crippen LogP contribution >= 0.6 is 0 Å². The van der Waals surface area contributed by atoms with E-state index < -0.39 is 23.8 Å². The van der Waals surface area contributed by atoms with Gasteiger partial charge in [0.25, 0.3) is 0 Å². The number of carbonyl (C=O) groups is 1. The summed E-state index contributed by atoms with van der Waals surface area (Å²) in [5.41, 5.74) is 5.34. The highest BCUT2D eigenvalue weighted by Gasteiger charge is 2.31. The number of alkyl halides is 3. The van der Waals surface area contributed by atoms with Gasteiger partial charge < -0.3 is 11.1 Å². The van der Waals surface area contributed by atoms with Crippen LogP contribution in [0.2, 0.25) is 0 Å². The predicted octanol–water partition coefficient (Wildman–Crippen LogP) is 3.26. The van der Waals surface area contributed by atoms with Crippen molar-refractivity contribution >= 4 is 5.91 Å². The van der Waals surface area contributed by atoms with Gasteiger partial charge in [-0.15, -0.1) is 0 Å². The minimum atomic E-state index is -4.36. The molecule has 0 saturated heterocycles. The highest BCUT2D eigenvalue weighted by molar-refractivity contribution is 5.82. The number of carbonyl (C=O) groups excluding carboxylic acids is 1. The maximum absolute atomic E-state index is 12.5. The van der Waals surface area contributed by atoms with Crippen molar-refractivity contribution in [3.63, 3.8) is 0 Å². The van der Waals surface area contributed by atoms with E-state index in [4.69, 9.17) is 5.73 Å². The molecule has 1 unspecified atom stereocenters. The molecule has 118 valence electrons. The Morgan fingerprint density at radius 3 is 2.00 bits per heavy atom. The number of amides is 1.